The van der Waals surface area contributed by atoms with Gasteiger partial charge in [-0.15, -0.1) is 21.5 Å². The molecule has 4 aromatic heterocycles. The van der Waals surface area contributed by atoms with Crippen LogP contribution in [0, 0.1) is 0 Å². The molecule has 0 aliphatic heterocycles. The SMILES string of the molecule is CC(C)n1cnnc1-c1cccc(NC(=O)c2cc(-n3cnc(C4CC4)c3)sc2Cl)n1. The molecule has 0 bridgehead atoms. The van der Waals surface area contributed by atoms with Gasteiger partial charge < -0.3 is 9.88 Å². The Hall–Kier alpha value is -3.04. The number of pyridine rings is 1. The van der Waals surface area contributed by atoms with Crippen LogP contribution < -0.4 is 5.32 Å². The maximum Gasteiger partial charge on any atom is 0.259 e. The van der Waals surface area contributed by atoms with Crippen LogP contribution in [-0.4, -0.2) is 35.2 Å². The van der Waals surface area contributed by atoms with Crippen molar-refractivity contribution in [3.8, 4) is 16.5 Å². The summed E-state index contributed by atoms with van der Waals surface area (Å²) in [6, 6.07) is 7.36. The minimum absolute atomic E-state index is 0.191. The van der Waals surface area contributed by atoms with E-state index in [2.05, 4.69) is 25.5 Å². The van der Waals surface area contributed by atoms with Crippen LogP contribution in [-0.2, 0) is 0 Å². The fourth-order valence-electron chi connectivity index (χ4n) is 3.30. The molecule has 1 N–H and O–H groups in total. The van der Waals surface area contributed by atoms with Gasteiger partial charge in [-0.25, -0.2) is 9.97 Å². The van der Waals surface area contributed by atoms with Crippen molar-refractivity contribution in [1.82, 2.24) is 29.3 Å². The minimum Gasteiger partial charge on any atom is -0.310 e. The number of hydrogen-bond donors (Lipinski definition) is 1. The molecule has 0 unspecified atom stereocenters. The molecule has 8 nitrogen and oxygen atoms in total. The zero-order chi connectivity index (χ0) is 21.5. The highest BCUT2D eigenvalue weighted by Gasteiger charge is 2.26. The van der Waals surface area contributed by atoms with Gasteiger partial charge in [-0.1, -0.05) is 17.7 Å². The normalized spacial score (nSPS) is 13.7. The van der Waals surface area contributed by atoms with E-state index in [-0.39, 0.29) is 11.9 Å². The summed E-state index contributed by atoms with van der Waals surface area (Å²) in [6.45, 7) is 4.09. The van der Waals surface area contributed by atoms with E-state index in [1.165, 1.54) is 24.2 Å². The number of rotatable bonds is 6. The molecule has 0 spiro atoms. The largest absolute Gasteiger partial charge is 0.310 e. The van der Waals surface area contributed by atoms with Gasteiger partial charge >= 0.3 is 0 Å². The third kappa shape index (κ3) is 3.98. The Morgan fingerprint density at radius 2 is 2.13 bits per heavy atom. The van der Waals surface area contributed by atoms with Crippen molar-refractivity contribution in [3.05, 3.63) is 58.7 Å². The lowest BCUT2D eigenvalue weighted by Crippen LogP contribution is -2.13. The second-order valence-electron chi connectivity index (χ2n) is 7.77. The lowest BCUT2D eigenvalue weighted by atomic mass is 10.3. The number of nitrogens with zero attached hydrogens (tertiary/aromatic N) is 6. The molecule has 1 fully saturated rings. The van der Waals surface area contributed by atoms with Gasteiger partial charge in [-0.2, -0.15) is 0 Å². The predicted molar refractivity (Wildman–Crippen MR) is 120 cm³/mol. The fourth-order valence-corrected chi connectivity index (χ4v) is 4.51. The molecule has 10 heteroatoms. The number of carbonyl (C=O) groups excluding carboxylic acids is 1. The highest BCUT2D eigenvalue weighted by Crippen LogP contribution is 2.39. The van der Waals surface area contributed by atoms with Crippen molar-refractivity contribution in [2.45, 2.75) is 38.6 Å². The summed E-state index contributed by atoms with van der Waals surface area (Å²) in [6.07, 6.45) is 7.83. The first kappa shape index (κ1) is 19.9. The Morgan fingerprint density at radius 1 is 1.29 bits per heavy atom. The summed E-state index contributed by atoms with van der Waals surface area (Å²) in [5.41, 5.74) is 2.12. The standard InChI is InChI=1S/C21H20ClN7OS/c1-12(2)29-11-24-27-20(29)15-4-3-5-17(25-15)26-21(30)14-8-18(31-19(14)22)28-9-16(23-10-28)13-6-7-13/h3-5,8-13H,6-7H2,1-2H3,(H,25,26,30). The molecule has 0 radical (unpaired) electrons. The van der Waals surface area contributed by atoms with E-state index in [1.807, 2.05) is 41.3 Å². The Labute approximate surface area is 187 Å². The van der Waals surface area contributed by atoms with Crippen molar-refractivity contribution in [3.63, 3.8) is 0 Å². The topological polar surface area (TPSA) is 90.5 Å². The number of hydrogen-bond acceptors (Lipinski definition) is 6. The molecule has 1 aliphatic rings. The number of halogens is 1. The summed E-state index contributed by atoms with van der Waals surface area (Å²) < 4.78 is 4.26. The summed E-state index contributed by atoms with van der Waals surface area (Å²) in [7, 11) is 0. The van der Waals surface area contributed by atoms with Gasteiger partial charge in [0.2, 0.25) is 0 Å². The highest BCUT2D eigenvalue weighted by molar-refractivity contribution is 7.19. The average Bonchev–Trinajstić information content (AvgIpc) is 3.16. The number of aromatic nitrogens is 6. The Bertz CT molecular complexity index is 1250. The van der Waals surface area contributed by atoms with E-state index in [4.69, 9.17) is 11.6 Å². The van der Waals surface area contributed by atoms with Gasteiger partial charge in [-0.3, -0.25) is 9.36 Å². The van der Waals surface area contributed by atoms with Gasteiger partial charge in [0.1, 0.15) is 33.5 Å². The van der Waals surface area contributed by atoms with E-state index < -0.39 is 0 Å². The fraction of sp³-hybridized carbons (Fsp3) is 0.286. The predicted octanol–water partition coefficient (Wildman–Crippen LogP) is 4.95. The summed E-state index contributed by atoms with van der Waals surface area (Å²) in [4.78, 5) is 21.9. The molecule has 4 aromatic rings. The van der Waals surface area contributed by atoms with Crippen molar-refractivity contribution in [2.24, 2.45) is 0 Å². The van der Waals surface area contributed by atoms with Crippen LogP contribution in [0.15, 0.2) is 43.1 Å². The smallest absolute Gasteiger partial charge is 0.259 e. The van der Waals surface area contributed by atoms with Gasteiger partial charge in [0.15, 0.2) is 5.82 Å². The summed E-state index contributed by atoms with van der Waals surface area (Å²) >= 11 is 7.73. The van der Waals surface area contributed by atoms with Crippen LogP contribution in [0.1, 0.15) is 54.7 Å². The number of imidazole rings is 1. The van der Waals surface area contributed by atoms with Crippen LogP contribution in [0.3, 0.4) is 0 Å². The van der Waals surface area contributed by atoms with Crippen molar-refractivity contribution in [2.75, 3.05) is 5.32 Å². The second kappa shape index (κ2) is 7.90. The van der Waals surface area contributed by atoms with Crippen molar-refractivity contribution < 1.29 is 4.79 Å². The number of nitrogens with one attached hydrogen (secondary N) is 1. The Morgan fingerprint density at radius 3 is 2.90 bits per heavy atom. The molecule has 1 amide bonds. The van der Waals surface area contributed by atoms with Gasteiger partial charge in [0, 0.05) is 18.2 Å². The average molecular weight is 454 g/mol. The van der Waals surface area contributed by atoms with E-state index in [1.54, 1.807) is 24.8 Å². The van der Waals surface area contributed by atoms with Crippen molar-refractivity contribution in [1.29, 1.82) is 0 Å². The molecule has 158 valence electrons. The maximum absolute atomic E-state index is 12.9. The third-order valence-electron chi connectivity index (χ3n) is 5.12. The number of thiophene rings is 1. The van der Waals surface area contributed by atoms with E-state index in [0.29, 0.717) is 33.2 Å². The first-order valence-corrected chi connectivity index (χ1v) is 11.2. The Balaban J connectivity index is 1.37. The molecule has 4 heterocycles. The molecular weight excluding hydrogens is 434 g/mol. The van der Waals surface area contributed by atoms with Crippen LogP contribution in [0.4, 0.5) is 5.82 Å². The minimum atomic E-state index is -0.315. The quantitative estimate of drug-likeness (QED) is 0.446. The summed E-state index contributed by atoms with van der Waals surface area (Å²) in [5.74, 6) is 1.32. The van der Waals surface area contributed by atoms with Gasteiger partial charge in [0.05, 0.1) is 11.3 Å². The molecule has 31 heavy (non-hydrogen) atoms. The molecule has 0 atom stereocenters. The van der Waals surface area contributed by atoms with Gasteiger partial charge in [-0.05, 0) is 44.9 Å². The molecule has 5 rings (SSSR count). The zero-order valence-electron chi connectivity index (χ0n) is 17.0. The van der Waals surface area contributed by atoms with Crippen LogP contribution >= 0.6 is 22.9 Å². The van der Waals surface area contributed by atoms with Crippen LogP contribution in [0.2, 0.25) is 4.34 Å². The molecule has 1 aliphatic carbocycles. The summed E-state index contributed by atoms with van der Waals surface area (Å²) in [5, 5.41) is 11.8. The molecule has 0 saturated heterocycles. The Kier molecular flexibility index (Phi) is 5.07. The van der Waals surface area contributed by atoms with Crippen LogP contribution in [0.25, 0.3) is 16.5 Å². The monoisotopic (exact) mass is 453 g/mol. The van der Waals surface area contributed by atoms with E-state index in [9.17, 15) is 4.79 Å². The van der Waals surface area contributed by atoms with Crippen molar-refractivity contribution >= 4 is 34.7 Å². The second-order valence-corrected chi connectivity index (χ2v) is 9.40. The first-order chi connectivity index (χ1) is 15.0. The van der Waals surface area contributed by atoms with Crippen LogP contribution in [0.5, 0.6) is 0 Å². The zero-order valence-corrected chi connectivity index (χ0v) is 18.6. The third-order valence-corrected chi connectivity index (χ3v) is 6.49. The lowest BCUT2D eigenvalue weighted by molar-refractivity contribution is 0.102. The number of amides is 1. The molecule has 1 saturated carbocycles. The molecular formula is C21H20ClN7OS. The molecule has 0 aromatic carbocycles. The van der Waals surface area contributed by atoms with E-state index >= 15 is 0 Å². The maximum atomic E-state index is 12.9. The van der Waals surface area contributed by atoms with Gasteiger partial charge in [0.25, 0.3) is 5.91 Å². The van der Waals surface area contributed by atoms with E-state index in [0.717, 1.165) is 10.7 Å². The number of carbonyl (C=O) groups is 1. The highest BCUT2D eigenvalue weighted by atomic mass is 35.5. The number of anilines is 1. The lowest BCUT2D eigenvalue weighted by Gasteiger charge is -2.10. The first-order valence-electron chi connectivity index (χ1n) is 10.0.